The van der Waals surface area contributed by atoms with Gasteiger partial charge in [0.05, 0.1) is 5.75 Å². The molecule has 1 aromatic heterocycles. The number of aryl methyl sites for hydroxylation is 1. The zero-order valence-corrected chi connectivity index (χ0v) is 24.9. The summed E-state index contributed by atoms with van der Waals surface area (Å²) in [7, 11) is 0. The number of hydrogen-bond acceptors (Lipinski definition) is 7. The van der Waals surface area contributed by atoms with Crippen LogP contribution >= 0.6 is 35.0 Å². The number of carbonyl (C=O) groups is 2. The summed E-state index contributed by atoms with van der Waals surface area (Å²) in [6, 6.07) is 17.2. The van der Waals surface area contributed by atoms with Gasteiger partial charge in [-0.2, -0.15) is 0 Å². The molecule has 8 nitrogen and oxygen atoms in total. The number of aromatic nitrogens is 2. The molecule has 2 aliphatic heterocycles. The van der Waals surface area contributed by atoms with Crippen LogP contribution in [0.4, 0.5) is 11.5 Å². The summed E-state index contributed by atoms with van der Waals surface area (Å²) >= 11 is 13.8. The highest BCUT2D eigenvalue weighted by Crippen LogP contribution is 2.26. The summed E-state index contributed by atoms with van der Waals surface area (Å²) in [5, 5.41) is 1.51. The Morgan fingerprint density at radius 1 is 0.925 bits per heavy atom. The third kappa shape index (κ3) is 6.82. The molecule has 2 amide bonds. The van der Waals surface area contributed by atoms with Gasteiger partial charge in [-0.15, -0.1) is 0 Å². The molecule has 0 N–H and O–H groups in total. The molecule has 5 rings (SSSR count). The fourth-order valence-electron chi connectivity index (χ4n) is 5.05. The van der Waals surface area contributed by atoms with E-state index >= 15 is 0 Å². The van der Waals surface area contributed by atoms with Gasteiger partial charge in [0.2, 0.25) is 5.91 Å². The zero-order valence-electron chi connectivity index (χ0n) is 22.6. The van der Waals surface area contributed by atoms with Crippen LogP contribution in [0.25, 0.3) is 0 Å². The fraction of sp³-hybridized carbons (Fsp3) is 0.379. The number of amides is 2. The van der Waals surface area contributed by atoms with Crippen LogP contribution in [0.15, 0.2) is 59.8 Å². The van der Waals surface area contributed by atoms with Gasteiger partial charge in [-0.05, 0) is 44.2 Å². The lowest BCUT2D eigenvalue weighted by molar-refractivity contribution is -0.128. The highest BCUT2D eigenvalue weighted by Gasteiger charge is 2.29. The number of rotatable bonds is 6. The van der Waals surface area contributed by atoms with Gasteiger partial charge < -0.3 is 19.6 Å². The van der Waals surface area contributed by atoms with Crippen LogP contribution in [0.2, 0.25) is 10.2 Å². The van der Waals surface area contributed by atoms with Gasteiger partial charge in [0.15, 0.2) is 5.16 Å². The lowest BCUT2D eigenvalue weighted by atomic mass is 10.1. The third-order valence-corrected chi connectivity index (χ3v) is 8.56. The van der Waals surface area contributed by atoms with Crippen LogP contribution in [0.5, 0.6) is 0 Å². The predicted octanol–water partition coefficient (Wildman–Crippen LogP) is 4.88. The molecule has 0 radical (unpaired) electrons. The quantitative estimate of drug-likeness (QED) is 0.227. The molecule has 0 aliphatic carbocycles. The standard InChI is InChI=1S/C29H32Cl2N6O2S/c1-20-6-8-22(9-7-20)28(39)37-15-14-36(18-21(37)2)26-17-25(31)32-29(33-26)40-19-27(38)35-12-10-34(11-13-35)24-5-3-4-23(30)16-24/h3-9,16-17,21H,10-15,18-19H2,1-2H3. The van der Waals surface area contributed by atoms with Gasteiger partial charge in [-0.3, -0.25) is 9.59 Å². The molecule has 40 heavy (non-hydrogen) atoms. The van der Waals surface area contributed by atoms with Gasteiger partial charge in [-0.25, -0.2) is 9.97 Å². The summed E-state index contributed by atoms with van der Waals surface area (Å²) in [6.07, 6.45) is 0. The Kier molecular flexibility index (Phi) is 9.03. The van der Waals surface area contributed by atoms with E-state index in [2.05, 4.69) is 14.8 Å². The van der Waals surface area contributed by atoms with Crippen molar-refractivity contribution in [3.05, 3.63) is 75.9 Å². The van der Waals surface area contributed by atoms with Crippen LogP contribution in [0, 0.1) is 6.92 Å². The number of hydrogen-bond donors (Lipinski definition) is 0. The van der Waals surface area contributed by atoms with Crippen molar-refractivity contribution in [2.75, 3.05) is 61.4 Å². The second kappa shape index (κ2) is 12.7. The fourth-order valence-corrected chi connectivity index (χ4v) is 6.21. The van der Waals surface area contributed by atoms with Gasteiger partial charge >= 0.3 is 0 Å². The molecule has 2 aromatic carbocycles. The summed E-state index contributed by atoms with van der Waals surface area (Å²) in [5.74, 6) is 1.04. The van der Waals surface area contributed by atoms with Crippen LogP contribution in [0.3, 0.4) is 0 Å². The summed E-state index contributed by atoms with van der Waals surface area (Å²) in [4.78, 5) is 43.2. The number of benzene rings is 2. The van der Waals surface area contributed by atoms with Gasteiger partial charge in [-0.1, -0.05) is 58.7 Å². The highest BCUT2D eigenvalue weighted by molar-refractivity contribution is 7.99. The van der Waals surface area contributed by atoms with E-state index in [4.69, 9.17) is 28.2 Å². The first kappa shape index (κ1) is 28.5. The summed E-state index contributed by atoms with van der Waals surface area (Å²) in [6.45, 7) is 8.71. The minimum atomic E-state index is -0.000413. The molecule has 1 atom stereocenters. The van der Waals surface area contributed by atoms with E-state index in [1.54, 1.807) is 6.07 Å². The maximum Gasteiger partial charge on any atom is 0.254 e. The molecule has 2 saturated heterocycles. The topological polar surface area (TPSA) is 72.9 Å². The number of carbonyl (C=O) groups excluding carboxylic acids is 2. The van der Waals surface area contributed by atoms with Crippen molar-refractivity contribution < 1.29 is 9.59 Å². The molecular formula is C29H32Cl2N6O2S. The molecule has 3 aromatic rings. The maximum atomic E-state index is 13.1. The van der Waals surface area contributed by atoms with Gasteiger partial charge in [0.25, 0.3) is 5.91 Å². The van der Waals surface area contributed by atoms with E-state index < -0.39 is 0 Å². The molecule has 2 aliphatic rings. The molecule has 1 unspecified atom stereocenters. The van der Waals surface area contributed by atoms with Crippen molar-refractivity contribution in [3.8, 4) is 0 Å². The van der Waals surface area contributed by atoms with E-state index in [1.807, 2.05) is 72.2 Å². The van der Waals surface area contributed by atoms with Crippen molar-refractivity contribution in [1.82, 2.24) is 19.8 Å². The van der Waals surface area contributed by atoms with E-state index in [1.165, 1.54) is 11.8 Å². The molecule has 2 fully saturated rings. The second-order valence-electron chi connectivity index (χ2n) is 10.1. The monoisotopic (exact) mass is 598 g/mol. The van der Waals surface area contributed by atoms with Crippen molar-refractivity contribution in [3.63, 3.8) is 0 Å². The normalized spacial score (nSPS) is 17.8. The van der Waals surface area contributed by atoms with Crippen molar-refractivity contribution in [1.29, 1.82) is 0 Å². The minimum absolute atomic E-state index is 0.000413. The molecule has 0 saturated carbocycles. The SMILES string of the molecule is Cc1ccc(C(=O)N2CCN(c3cc(Cl)nc(SCC(=O)N4CCN(c5cccc(Cl)c5)CC4)n3)CC2C)cc1. The third-order valence-electron chi connectivity index (χ3n) is 7.30. The largest absolute Gasteiger partial charge is 0.368 e. The molecule has 210 valence electrons. The first-order valence-electron chi connectivity index (χ1n) is 13.3. The lowest BCUT2D eigenvalue weighted by Crippen LogP contribution is -2.54. The molecule has 11 heteroatoms. The number of halogens is 2. The number of anilines is 2. The smallest absolute Gasteiger partial charge is 0.254 e. The highest BCUT2D eigenvalue weighted by atomic mass is 35.5. The molecular weight excluding hydrogens is 567 g/mol. The van der Waals surface area contributed by atoms with Crippen LogP contribution in [-0.2, 0) is 4.79 Å². The van der Waals surface area contributed by atoms with Crippen molar-refractivity contribution >= 4 is 58.3 Å². The van der Waals surface area contributed by atoms with Crippen molar-refractivity contribution in [2.45, 2.75) is 25.0 Å². The van der Waals surface area contributed by atoms with Crippen LogP contribution in [-0.4, -0.2) is 89.2 Å². The average Bonchev–Trinajstić information content (AvgIpc) is 2.96. The van der Waals surface area contributed by atoms with Crippen LogP contribution in [0.1, 0.15) is 22.8 Å². The van der Waals surface area contributed by atoms with Crippen molar-refractivity contribution in [2.24, 2.45) is 0 Å². The number of nitrogens with zero attached hydrogens (tertiary/aromatic N) is 6. The number of piperazine rings is 2. The lowest BCUT2D eigenvalue weighted by Gasteiger charge is -2.40. The number of thioether (sulfide) groups is 1. The van der Waals surface area contributed by atoms with E-state index in [9.17, 15) is 9.59 Å². The molecule has 3 heterocycles. The van der Waals surface area contributed by atoms with Gasteiger partial charge in [0, 0.05) is 74.2 Å². The van der Waals surface area contributed by atoms with E-state index in [0.717, 1.165) is 24.3 Å². The first-order valence-corrected chi connectivity index (χ1v) is 15.1. The molecule has 0 spiro atoms. The van der Waals surface area contributed by atoms with E-state index in [0.29, 0.717) is 59.4 Å². The Labute approximate surface area is 249 Å². The Bertz CT molecular complexity index is 1370. The second-order valence-corrected chi connectivity index (χ2v) is 11.9. The first-order chi connectivity index (χ1) is 19.3. The Morgan fingerprint density at radius 3 is 2.35 bits per heavy atom. The van der Waals surface area contributed by atoms with E-state index in [-0.39, 0.29) is 23.6 Å². The Morgan fingerprint density at radius 2 is 1.65 bits per heavy atom. The van der Waals surface area contributed by atoms with Gasteiger partial charge in [0.1, 0.15) is 11.0 Å². The molecule has 0 bridgehead atoms. The summed E-state index contributed by atoms with van der Waals surface area (Å²) in [5.41, 5.74) is 2.90. The van der Waals surface area contributed by atoms with Crippen LogP contribution < -0.4 is 9.80 Å². The Hall–Kier alpha value is -3.01. The Balaban J connectivity index is 1.15. The minimum Gasteiger partial charge on any atom is -0.368 e. The average molecular weight is 600 g/mol. The zero-order chi connectivity index (χ0) is 28.2. The maximum absolute atomic E-state index is 13.1. The summed E-state index contributed by atoms with van der Waals surface area (Å²) < 4.78 is 0. The predicted molar refractivity (Wildman–Crippen MR) is 162 cm³/mol.